The van der Waals surface area contributed by atoms with E-state index in [0.717, 1.165) is 101 Å². The van der Waals surface area contributed by atoms with Crippen LogP contribution in [0, 0.1) is 0 Å². The average Bonchev–Trinajstić information content (AvgIpc) is 3.65. The lowest BCUT2D eigenvalue weighted by atomic mass is 9.77. The Morgan fingerprint density at radius 2 is 1.63 bits per heavy atom. The molecular weight excluding hydrogens is 789 g/mol. The number of pyridine rings is 1. The van der Waals surface area contributed by atoms with Crippen LogP contribution in [0.15, 0.2) is 47.5 Å². The summed E-state index contributed by atoms with van der Waals surface area (Å²) in [7, 11) is 0. The van der Waals surface area contributed by atoms with E-state index < -0.39 is 17.2 Å². The highest BCUT2D eigenvalue weighted by Gasteiger charge is 2.41. The van der Waals surface area contributed by atoms with Crippen LogP contribution in [0.3, 0.4) is 0 Å². The van der Waals surface area contributed by atoms with Gasteiger partial charge in [0, 0.05) is 83.5 Å². The maximum atomic E-state index is 13.0. The van der Waals surface area contributed by atoms with Crippen LogP contribution in [-0.2, 0) is 27.2 Å². The third-order valence-electron chi connectivity index (χ3n) is 13.0. The second-order valence-electron chi connectivity index (χ2n) is 16.7. The van der Waals surface area contributed by atoms with Crippen molar-refractivity contribution in [2.75, 3.05) is 97.9 Å². The van der Waals surface area contributed by atoms with Crippen LogP contribution in [0.1, 0.15) is 57.1 Å². The number of aromatic nitrogens is 3. The standard InChI is InChI=1S/C42H54N10O7S/c53-28-42(14-1-15-42)47-39-38-34(13-25-60(38)57)44-40(46-39)51-23-21-49(22-24-51)35-7-6-33(26-43-35)59-32-10-18-48(19-11-32)29-8-16-50(17-9-29)37(55)27-58-31-4-2-30(3-5-31)52-20-12-36(54)45-41(52)56/h2-7,26,29,32,53H,1,8-25,27-28H2,(H,44,46,47)(H,45,54,56)/t60-/m1/s1. The number of urea groups is 1. The summed E-state index contributed by atoms with van der Waals surface area (Å²) in [6.45, 7) is 6.65. The van der Waals surface area contributed by atoms with Gasteiger partial charge >= 0.3 is 6.03 Å². The molecule has 18 heteroatoms. The molecule has 3 aromatic rings. The predicted octanol–water partition coefficient (Wildman–Crippen LogP) is 2.55. The molecule has 5 aliphatic heterocycles. The average molecular weight is 843 g/mol. The molecule has 60 heavy (non-hydrogen) atoms. The summed E-state index contributed by atoms with van der Waals surface area (Å²) < 4.78 is 25.0. The normalized spacial score (nSPS) is 22.6. The molecule has 2 aromatic heterocycles. The zero-order valence-corrected chi connectivity index (χ0v) is 34.7. The van der Waals surface area contributed by atoms with E-state index >= 15 is 0 Å². The molecule has 1 atom stereocenters. The number of nitrogens with one attached hydrogen (secondary N) is 2. The van der Waals surface area contributed by atoms with E-state index in [4.69, 9.17) is 24.4 Å². The van der Waals surface area contributed by atoms with Gasteiger partial charge in [-0.25, -0.2) is 14.8 Å². The Balaban J connectivity index is 0.688. The summed E-state index contributed by atoms with van der Waals surface area (Å²) >= 11 is -1.13. The fraction of sp³-hybridized carbons (Fsp3) is 0.571. The van der Waals surface area contributed by atoms with Crippen molar-refractivity contribution in [3.05, 3.63) is 48.3 Å². The van der Waals surface area contributed by atoms with E-state index in [-0.39, 0.29) is 43.1 Å². The topological polar surface area (TPSA) is 192 Å². The third-order valence-corrected chi connectivity index (χ3v) is 14.4. The van der Waals surface area contributed by atoms with Gasteiger partial charge in [-0.2, -0.15) is 4.98 Å². The van der Waals surface area contributed by atoms with Gasteiger partial charge in [0.1, 0.15) is 34.9 Å². The Bertz CT molecular complexity index is 2010. The Hall–Kier alpha value is -4.91. The summed E-state index contributed by atoms with van der Waals surface area (Å²) in [5.74, 6) is 3.77. The molecule has 320 valence electrons. The smallest absolute Gasteiger partial charge is 0.328 e. The highest BCUT2D eigenvalue weighted by molar-refractivity contribution is 7.91. The number of aliphatic hydroxyl groups excluding tert-OH is 1. The number of hydrogen-bond acceptors (Lipinski definition) is 14. The number of aryl methyl sites for hydroxylation is 1. The van der Waals surface area contributed by atoms with Gasteiger partial charge in [0.05, 0.1) is 18.3 Å². The van der Waals surface area contributed by atoms with Crippen molar-refractivity contribution in [3.8, 4) is 11.5 Å². The number of fused-ring (bicyclic) bond motifs is 1. The molecule has 0 bridgehead atoms. The third kappa shape index (κ3) is 8.78. The summed E-state index contributed by atoms with van der Waals surface area (Å²) in [5.41, 5.74) is 1.14. The van der Waals surface area contributed by atoms with Gasteiger partial charge in [0.25, 0.3) is 5.91 Å². The molecule has 6 aliphatic rings. The number of carbonyl (C=O) groups excluding carboxylic acids is 3. The van der Waals surface area contributed by atoms with Crippen molar-refractivity contribution in [3.63, 3.8) is 0 Å². The van der Waals surface area contributed by atoms with Gasteiger partial charge in [-0.15, -0.1) is 0 Å². The fourth-order valence-corrected chi connectivity index (χ4v) is 10.5. The first-order valence-electron chi connectivity index (χ1n) is 21.4. The molecule has 1 saturated carbocycles. The molecule has 4 amide bonds. The lowest BCUT2D eigenvalue weighted by molar-refractivity contribution is -0.135. The van der Waals surface area contributed by atoms with Crippen LogP contribution in [0.4, 0.5) is 28.1 Å². The van der Waals surface area contributed by atoms with Crippen molar-refractivity contribution in [2.24, 2.45) is 0 Å². The van der Waals surface area contributed by atoms with E-state index in [2.05, 4.69) is 25.3 Å². The molecule has 5 fully saturated rings. The molecule has 0 radical (unpaired) electrons. The van der Waals surface area contributed by atoms with Crippen molar-refractivity contribution in [2.45, 2.75) is 80.4 Å². The number of likely N-dealkylation sites (tertiary alicyclic amines) is 2. The Labute approximate surface area is 353 Å². The number of amides is 4. The van der Waals surface area contributed by atoms with Crippen LogP contribution in [0.25, 0.3) is 0 Å². The predicted molar refractivity (Wildman–Crippen MR) is 225 cm³/mol. The molecule has 1 aliphatic carbocycles. The minimum Gasteiger partial charge on any atom is -0.611 e. The number of aliphatic hydroxyl groups is 1. The molecular formula is C42H54N10O7S. The minimum absolute atomic E-state index is 0.0313. The summed E-state index contributed by atoms with van der Waals surface area (Å²) in [6.07, 6.45) is 9.44. The van der Waals surface area contributed by atoms with Gasteiger partial charge in [0.15, 0.2) is 12.4 Å². The van der Waals surface area contributed by atoms with Crippen molar-refractivity contribution >= 4 is 52.3 Å². The lowest BCUT2D eigenvalue weighted by Crippen LogP contribution is -2.50. The largest absolute Gasteiger partial charge is 0.611 e. The van der Waals surface area contributed by atoms with Crippen molar-refractivity contribution < 1.29 is 33.5 Å². The zero-order chi connectivity index (χ0) is 41.2. The Kier molecular flexibility index (Phi) is 11.9. The maximum absolute atomic E-state index is 13.0. The first-order valence-corrected chi connectivity index (χ1v) is 22.7. The zero-order valence-electron chi connectivity index (χ0n) is 33.9. The van der Waals surface area contributed by atoms with Crippen LogP contribution in [-0.4, -0.2) is 148 Å². The first-order chi connectivity index (χ1) is 29.2. The van der Waals surface area contributed by atoms with E-state index in [1.165, 1.54) is 4.90 Å². The quantitative estimate of drug-likeness (QED) is 0.226. The van der Waals surface area contributed by atoms with Crippen LogP contribution >= 0.6 is 0 Å². The molecule has 0 spiro atoms. The molecule has 4 saturated heterocycles. The van der Waals surface area contributed by atoms with Gasteiger partial charge in [0.2, 0.25) is 16.8 Å². The number of nitrogens with zero attached hydrogens (tertiary/aromatic N) is 8. The summed E-state index contributed by atoms with van der Waals surface area (Å²) in [6, 6.07) is 11.0. The number of anilines is 4. The minimum atomic E-state index is -1.13. The number of piperidine rings is 2. The monoisotopic (exact) mass is 842 g/mol. The SMILES string of the molecule is O=C1CCN(c2ccc(OCC(=O)N3CCC(N4CCC(Oc5ccc(N6CCN(c7nc8c(c(NC9(CO)CCC9)n7)[S@+]([O-])CC8)CC6)nc5)CC4)CC3)cc2)C(=O)N1. The van der Waals surface area contributed by atoms with E-state index in [1.54, 1.807) is 24.3 Å². The Morgan fingerprint density at radius 3 is 2.30 bits per heavy atom. The maximum Gasteiger partial charge on any atom is 0.328 e. The Morgan fingerprint density at radius 1 is 0.900 bits per heavy atom. The number of benzene rings is 1. The van der Waals surface area contributed by atoms with Crippen LogP contribution in [0.2, 0.25) is 0 Å². The number of hydrogen-bond donors (Lipinski definition) is 3. The number of rotatable bonds is 12. The molecule has 1 aromatic carbocycles. The lowest BCUT2D eigenvalue weighted by Gasteiger charge is -2.41. The van der Waals surface area contributed by atoms with Crippen LogP contribution in [0.5, 0.6) is 11.5 Å². The van der Waals surface area contributed by atoms with Gasteiger partial charge < -0.3 is 39.1 Å². The van der Waals surface area contributed by atoms with Crippen LogP contribution < -0.4 is 34.8 Å². The van der Waals surface area contributed by atoms with E-state index in [9.17, 15) is 24.0 Å². The number of piperazine rings is 1. The second-order valence-corrected chi connectivity index (χ2v) is 18.2. The van der Waals surface area contributed by atoms with Gasteiger partial charge in [-0.3, -0.25) is 24.7 Å². The molecule has 9 rings (SSSR count). The summed E-state index contributed by atoms with van der Waals surface area (Å²) in [5, 5.41) is 15.9. The number of ether oxygens (including phenoxy) is 2. The molecule has 7 heterocycles. The van der Waals surface area contributed by atoms with Gasteiger partial charge in [-0.05, 0) is 92.5 Å². The van der Waals surface area contributed by atoms with E-state index in [0.29, 0.717) is 65.9 Å². The first kappa shape index (κ1) is 40.5. The number of carbonyl (C=O) groups is 3. The fourth-order valence-electron chi connectivity index (χ4n) is 9.15. The molecule has 17 nitrogen and oxygen atoms in total. The summed E-state index contributed by atoms with van der Waals surface area (Å²) in [4.78, 5) is 62.2. The highest BCUT2D eigenvalue weighted by atomic mass is 32.2. The highest BCUT2D eigenvalue weighted by Crippen LogP contribution is 2.39. The van der Waals surface area contributed by atoms with Crippen molar-refractivity contribution in [1.82, 2.24) is 30.1 Å². The van der Waals surface area contributed by atoms with Crippen molar-refractivity contribution in [1.29, 1.82) is 0 Å². The molecule has 3 N–H and O–H groups in total. The van der Waals surface area contributed by atoms with E-state index in [1.807, 2.05) is 23.2 Å². The second kappa shape index (κ2) is 17.6. The van der Waals surface area contributed by atoms with Gasteiger partial charge in [-0.1, -0.05) is 0 Å². The molecule has 0 unspecified atom stereocenters. The number of imide groups is 1.